The number of para-hydroxylation sites is 1. The Morgan fingerprint density at radius 2 is 2.04 bits per heavy atom. The molecule has 154 valence electrons. The maximum Gasteiger partial charge on any atom is 0.272 e. The van der Waals surface area contributed by atoms with Gasteiger partial charge in [-0.3, -0.25) is 14.7 Å². The summed E-state index contributed by atoms with van der Waals surface area (Å²) in [4.78, 5) is 26.5. The number of aromatic nitrogens is 2. The fourth-order valence-corrected chi connectivity index (χ4v) is 3.27. The first-order valence-electron chi connectivity index (χ1n) is 9.50. The van der Waals surface area contributed by atoms with Gasteiger partial charge < -0.3 is 20.7 Å². The molecule has 4 N–H and O–H groups in total. The highest BCUT2D eigenvalue weighted by molar-refractivity contribution is 6.04. The largest absolute Gasteiger partial charge is 0.378 e. The van der Waals surface area contributed by atoms with Crippen molar-refractivity contribution in [2.24, 2.45) is 5.73 Å². The van der Waals surface area contributed by atoms with Crippen LogP contribution in [-0.2, 0) is 9.53 Å². The molecule has 2 amide bonds. The number of carbonyl (C=O) groups excluding carboxylic acids is 2. The molecule has 1 aromatic carbocycles. The molecule has 0 atom stereocenters. The van der Waals surface area contributed by atoms with E-state index in [2.05, 4.69) is 15.5 Å². The summed E-state index contributed by atoms with van der Waals surface area (Å²) in [6, 6.07) is 7.46. The zero-order chi connectivity index (χ0) is 19.1. The van der Waals surface area contributed by atoms with Gasteiger partial charge in [0.1, 0.15) is 0 Å². The average molecular weight is 410 g/mol. The van der Waals surface area contributed by atoms with Gasteiger partial charge in [-0.2, -0.15) is 5.10 Å². The van der Waals surface area contributed by atoms with Gasteiger partial charge in [0.15, 0.2) is 5.69 Å². The van der Waals surface area contributed by atoms with Crippen LogP contribution in [0.15, 0.2) is 24.3 Å². The van der Waals surface area contributed by atoms with E-state index in [9.17, 15) is 9.59 Å². The van der Waals surface area contributed by atoms with E-state index in [-0.39, 0.29) is 36.7 Å². The first-order chi connectivity index (χ1) is 13.2. The number of hydrogen-bond acceptors (Lipinski definition) is 5. The second kappa shape index (κ2) is 11.0. The number of halogens is 1. The number of ether oxygens (including phenoxy) is 1. The molecule has 0 aliphatic carbocycles. The minimum absolute atomic E-state index is 0. The standard InChI is InChI=1S/C19H27N5O3.ClH/c20-9-3-13-27-14-7-11-24(12-8-14)17(25)6-10-21-19(26)18-15-4-1-2-5-16(15)22-23-18;/h1-2,4-5,14H,3,6-13,20H2,(H,21,26)(H,22,23);1H. The predicted octanol–water partition coefficient (Wildman–Crippen LogP) is 1.46. The van der Waals surface area contributed by atoms with Crippen LogP contribution in [0.4, 0.5) is 0 Å². The van der Waals surface area contributed by atoms with E-state index >= 15 is 0 Å². The van der Waals surface area contributed by atoms with Crippen LogP contribution in [0, 0.1) is 0 Å². The van der Waals surface area contributed by atoms with Gasteiger partial charge in [0.2, 0.25) is 5.91 Å². The topological polar surface area (TPSA) is 113 Å². The van der Waals surface area contributed by atoms with Gasteiger partial charge in [-0.15, -0.1) is 12.4 Å². The third kappa shape index (κ3) is 5.67. The van der Waals surface area contributed by atoms with Crippen molar-refractivity contribution < 1.29 is 14.3 Å². The van der Waals surface area contributed by atoms with E-state index in [0.717, 1.165) is 30.2 Å². The summed E-state index contributed by atoms with van der Waals surface area (Å²) >= 11 is 0. The van der Waals surface area contributed by atoms with Gasteiger partial charge in [-0.1, -0.05) is 18.2 Å². The van der Waals surface area contributed by atoms with Gasteiger partial charge in [0.05, 0.1) is 11.6 Å². The van der Waals surface area contributed by atoms with Gasteiger partial charge in [-0.25, -0.2) is 0 Å². The smallest absolute Gasteiger partial charge is 0.272 e. The Labute approximate surface area is 170 Å². The minimum Gasteiger partial charge on any atom is -0.378 e. The van der Waals surface area contributed by atoms with E-state index in [1.165, 1.54) is 0 Å². The van der Waals surface area contributed by atoms with Gasteiger partial charge >= 0.3 is 0 Å². The van der Waals surface area contributed by atoms with Crippen LogP contribution in [0.1, 0.15) is 36.2 Å². The summed E-state index contributed by atoms with van der Waals surface area (Å²) in [6.45, 7) is 3.01. The number of nitrogens with zero attached hydrogens (tertiary/aromatic N) is 2. The Balaban J connectivity index is 0.00000280. The second-order valence-corrected chi connectivity index (χ2v) is 6.72. The van der Waals surface area contributed by atoms with Crippen molar-refractivity contribution in [3.63, 3.8) is 0 Å². The number of rotatable bonds is 8. The van der Waals surface area contributed by atoms with E-state index in [4.69, 9.17) is 10.5 Å². The number of fused-ring (bicyclic) bond motifs is 1. The number of nitrogens with two attached hydrogens (primary N) is 1. The molecule has 1 fully saturated rings. The van der Waals surface area contributed by atoms with Crippen LogP contribution in [0.25, 0.3) is 10.9 Å². The lowest BCUT2D eigenvalue weighted by atomic mass is 10.1. The first-order valence-corrected chi connectivity index (χ1v) is 9.50. The minimum atomic E-state index is -0.271. The molecule has 0 spiro atoms. The molecular formula is C19H28ClN5O3. The lowest BCUT2D eigenvalue weighted by molar-refractivity contribution is -0.133. The highest BCUT2D eigenvalue weighted by Gasteiger charge is 2.23. The molecule has 1 aromatic heterocycles. The van der Waals surface area contributed by atoms with Crippen LogP contribution in [0.3, 0.4) is 0 Å². The Kier molecular flexibility index (Phi) is 8.69. The van der Waals surface area contributed by atoms with Crippen LogP contribution in [-0.4, -0.2) is 65.8 Å². The molecule has 0 unspecified atom stereocenters. The number of aromatic amines is 1. The molecule has 1 aliphatic rings. The zero-order valence-electron chi connectivity index (χ0n) is 15.9. The van der Waals surface area contributed by atoms with Crippen molar-refractivity contribution in [2.45, 2.75) is 31.8 Å². The average Bonchev–Trinajstić information content (AvgIpc) is 3.13. The lowest BCUT2D eigenvalue weighted by Crippen LogP contribution is -2.42. The van der Waals surface area contributed by atoms with E-state index in [0.29, 0.717) is 38.5 Å². The van der Waals surface area contributed by atoms with Crippen molar-refractivity contribution in [3.8, 4) is 0 Å². The molecular weight excluding hydrogens is 382 g/mol. The first kappa shape index (κ1) is 22.1. The highest BCUT2D eigenvalue weighted by Crippen LogP contribution is 2.16. The highest BCUT2D eigenvalue weighted by atomic mass is 35.5. The third-order valence-corrected chi connectivity index (χ3v) is 4.81. The van der Waals surface area contributed by atoms with Crippen molar-refractivity contribution in [1.29, 1.82) is 0 Å². The Morgan fingerprint density at radius 1 is 1.29 bits per heavy atom. The second-order valence-electron chi connectivity index (χ2n) is 6.72. The van der Waals surface area contributed by atoms with Crippen molar-refractivity contribution in [2.75, 3.05) is 32.8 Å². The fraction of sp³-hybridized carbons (Fsp3) is 0.526. The number of benzene rings is 1. The molecule has 0 bridgehead atoms. The van der Waals surface area contributed by atoms with E-state index in [1.54, 1.807) is 0 Å². The van der Waals surface area contributed by atoms with Crippen molar-refractivity contribution in [3.05, 3.63) is 30.0 Å². The summed E-state index contributed by atoms with van der Waals surface area (Å²) < 4.78 is 5.76. The molecule has 2 aromatic rings. The van der Waals surface area contributed by atoms with Gasteiger partial charge in [-0.05, 0) is 31.9 Å². The summed E-state index contributed by atoms with van der Waals surface area (Å²) in [5, 5.41) is 10.5. The lowest BCUT2D eigenvalue weighted by Gasteiger charge is -2.32. The zero-order valence-corrected chi connectivity index (χ0v) is 16.7. The molecule has 3 rings (SSSR count). The van der Waals surface area contributed by atoms with E-state index in [1.807, 2.05) is 29.2 Å². The molecule has 2 heterocycles. The summed E-state index contributed by atoms with van der Waals surface area (Å²) in [6.07, 6.45) is 3.06. The normalized spacial score (nSPS) is 14.7. The molecule has 0 radical (unpaired) electrons. The van der Waals surface area contributed by atoms with Crippen LogP contribution in [0.2, 0.25) is 0 Å². The van der Waals surface area contributed by atoms with E-state index < -0.39 is 0 Å². The number of nitrogens with one attached hydrogen (secondary N) is 2. The number of H-pyrrole nitrogens is 1. The number of likely N-dealkylation sites (tertiary alicyclic amines) is 1. The van der Waals surface area contributed by atoms with Gasteiger partial charge in [0.25, 0.3) is 5.91 Å². The molecule has 1 aliphatic heterocycles. The number of amides is 2. The monoisotopic (exact) mass is 409 g/mol. The molecule has 9 heteroatoms. The number of carbonyl (C=O) groups is 2. The fourth-order valence-electron chi connectivity index (χ4n) is 3.27. The third-order valence-electron chi connectivity index (χ3n) is 4.81. The van der Waals surface area contributed by atoms with Crippen molar-refractivity contribution >= 4 is 35.1 Å². The molecule has 8 nitrogen and oxygen atoms in total. The Morgan fingerprint density at radius 3 is 2.79 bits per heavy atom. The predicted molar refractivity (Wildman–Crippen MR) is 110 cm³/mol. The Bertz CT molecular complexity index is 774. The summed E-state index contributed by atoms with van der Waals surface area (Å²) in [5.41, 5.74) is 6.63. The molecule has 1 saturated heterocycles. The summed E-state index contributed by atoms with van der Waals surface area (Å²) in [7, 11) is 0. The number of hydrogen-bond donors (Lipinski definition) is 3. The number of piperidine rings is 1. The maximum absolute atomic E-state index is 12.3. The SMILES string of the molecule is Cl.NCCCOC1CCN(C(=O)CCNC(=O)c2n[nH]c3ccccc23)CC1. The van der Waals surface area contributed by atoms with Gasteiger partial charge in [0, 0.05) is 38.0 Å². The maximum atomic E-state index is 12.3. The summed E-state index contributed by atoms with van der Waals surface area (Å²) in [5.74, 6) is -0.213. The van der Waals surface area contributed by atoms with Crippen LogP contribution in [0.5, 0.6) is 0 Å². The quantitative estimate of drug-likeness (QED) is 0.571. The molecule has 0 saturated carbocycles. The van der Waals surface area contributed by atoms with Crippen LogP contribution < -0.4 is 11.1 Å². The molecule has 28 heavy (non-hydrogen) atoms. The van der Waals surface area contributed by atoms with Crippen molar-refractivity contribution in [1.82, 2.24) is 20.4 Å². The Hall–Kier alpha value is -2.16. The van der Waals surface area contributed by atoms with Crippen LogP contribution >= 0.6 is 12.4 Å².